The second kappa shape index (κ2) is 15.8. The highest BCUT2D eigenvalue weighted by Crippen LogP contribution is 2.11. The van der Waals surface area contributed by atoms with Gasteiger partial charge in [0.2, 0.25) is 23.6 Å². The summed E-state index contributed by atoms with van der Waals surface area (Å²) in [5.74, 6) is -3.62. The van der Waals surface area contributed by atoms with Crippen molar-refractivity contribution in [3.05, 3.63) is 65.7 Å². The number of hydrogen-bond donors (Lipinski definition) is 7. The number of rotatable bonds is 15. The zero-order valence-corrected chi connectivity index (χ0v) is 22.6. The number of carboxylic acid groups (broad SMARTS) is 1. The molecule has 40 heavy (non-hydrogen) atoms. The highest BCUT2D eigenvalue weighted by Gasteiger charge is 2.27. The third-order valence-corrected chi connectivity index (χ3v) is 5.85. The van der Waals surface area contributed by atoms with Gasteiger partial charge >= 0.3 is 5.97 Å². The lowest BCUT2D eigenvalue weighted by molar-refractivity contribution is -0.142. The number of aromatic hydroxyl groups is 1. The van der Waals surface area contributed by atoms with Crippen LogP contribution in [0.3, 0.4) is 0 Å². The predicted molar refractivity (Wildman–Crippen MR) is 147 cm³/mol. The van der Waals surface area contributed by atoms with E-state index in [9.17, 15) is 34.2 Å². The van der Waals surface area contributed by atoms with Crippen molar-refractivity contribution in [2.75, 3.05) is 13.1 Å². The summed E-state index contributed by atoms with van der Waals surface area (Å²) in [7, 11) is 0. The molecule has 2 rings (SSSR count). The Morgan fingerprint density at radius 1 is 0.750 bits per heavy atom. The number of amides is 4. The monoisotopic (exact) mass is 555 g/mol. The summed E-state index contributed by atoms with van der Waals surface area (Å²) >= 11 is 0. The summed E-state index contributed by atoms with van der Waals surface area (Å²) in [6.45, 7) is 2.83. The first-order chi connectivity index (χ1) is 18.9. The van der Waals surface area contributed by atoms with E-state index in [4.69, 9.17) is 5.73 Å². The molecule has 12 heteroatoms. The fourth-order valence-electron chi connectivity index (χ4n) is 3.79. The number of carbonyl (C=O) groups excluding carboxylic acids is 4. The van der Waals surface area contributed by atoms with Crippen molar-refractivity contribution in [3.63, 3.8) is 0 Å². The predicted octanol–water partition coefficient (Wildman–Crippen LogP) is -0.163. The van der Waals surface area contributed by atoms with Gasteiger partial charge in [-0.25, -0.2) is 4.79 Å². The van der Waals surface area contributed by atoms with Gasteiger partial charge in [-0.15, -0.1) is 0 Å². The quantitative estimate of drug-likeness (QED) is 0.157. The van der Waals surface area contributed by atoms with Crippen LogP contribution in [0.2, 0.25) is 0 Å². The van der Waals surface area contributed by atoms with E-state index < -0.39 is 60.8 Å². The number of carbonyl (C=O) groups is 5. The summed E-state index contributed by atoms with van der Waals surface area (Å²) < 4.78 is 0. The summed E-state index contributed by atoms with van der Waals surface area (Å²) in [6.07, 6.45) is 0.520. The zero-order valence-electron chi connectivity index (χ0n) is 22.6. The van der Waals surface area contributed by atoms with Crippen LogP contribution in [0, 0.1) is 5.92 Å². The Morgan fingerprint density at radius 3 is 1.95 bits per heavy atom. The van der Waals surface area contributed by atoms with E-state index in [1.54, 1.807) is 42.5 Å². The van der Waals surface area contributed by atoms with Crippen molar-refractivity contribution in [2.45, 2.75) is 51.2 Å². The number of hydrogen-bond acceptors (Lipinski definition) is 7. The van der Waals surface area contributed by atoms with Gasteiger partial charge in [0.25, 0.3) is 0 Å². The van der Waals surface area contributed by atoms with Crippen LogP contribution < -0.4 is 27.0 Å². The second-order valence-corrected chi connectivity index (χ2v) is 9.81. The minimum absolute atomic E-state index is 0.00374. The standard InChI is InChI=1S/C28H37N5O7/c1-17(2)12-22(27(38)33-23(28(39)40)14-18-6-4-3-5-7-18)32-25(36)16-30-24(35)15-31-26(37)21(29)13-19-8-10-20(34)11-9-19/h3-11,17,21-23,34H,12-16,29H2,1-2H3,(H,30,35)(H,31,37)(H,32,36)(H,33,38)(H,39,40)/t21-,22-,23-/m0/s1. The Labute approximate surface area is 232 Å². The lowest BCUT2D eigenvalue weighted by Crippen LogP contribution is -2.54. The number of nitrogens with one attached hydrogen (secondary N) is 4. The van der Waals surface area contributed by atoms with Gasteiger partial charge in [0, 0.05) is 6.42 Å². The topological polar surface area (TPSA) is 200 Å². The minimum Gasteiger partial charge on any atom is -0.508 e. The lowest BCUT2D eigenvalue weighted by atomic mass is 10.0. The van der Waals surface area contributed by atoms with Gasteiger partial charge in [-0.3, -0.25) is 19.2 Å². The fourth-order valence-corrected chi connectivity index (χ4v) is 3.79. The minimum atomic E-state index is -1.20. The largest absolute Gasteiger partial charge is 0.508 e. The van der Waals surface area contributed by atoms with Crippen LogP contribution in [-0.2, 0) is 36.8 Å². The molecule has 0 aliphatic carbocycles. The molecule has 216 valence electrons. The van der Waals surface area contributed by atoms with Crippen LogP contribution in [0.4, 0.5) is 0 Å². The average Bonchev–Trinajstić information content (AvgIpc) is 2.91. The van der Waals surface area contributed by atoms with E-state index in [0.29, 0.717) is 0 Å². The van der Waals surface area contributed by atoms with Gasteiger partial charge in [0.05, 0.1) is 19.1 Å². The molecule has 8 N–H and O–H groups in total. The molecule has 0 saturated carbocycles. The van der Waals surface area contributed by atoms with Gasteiger partial charge in [-0.05, 0) is 42.0 Å². The van der Waals surface area contributed by atoms with Crippen molar-refractivity contribution in [1.29, 1.82) is 0 Å². The molecule has 0 unspecified atom stereocenters. The number of carboxylic acids is 1. The molecule has 0 bridgehead atoms. The molecule has 4 amide bonds. The Bertz CT molecular complexity index is 1160. The Morgan fingerprint density at radius 2 is 1.35 bits per heavy atom. The maximum Gasteiger partial charge on any atom is 0.326 e. The van der Waals surface area contributed by atoms with E-state index in [-0.39, 0.29) is 30.9 Å². The summed E-state index contributed by atoms with van der Waals surface area (Å²) in [4.78, 5) is 61.5. The molecule has 0 spiro atoms. The van der Waals surface area contributed by atoms with Crippen molar-refractivity contribution in [1.82, 2.24) is 21.3 Å². The number of aliphatic carboxylic acids is 1. The summed E-state index contributed by atoms with van der Waals surface area (Å²) in [5, 5.41) is 28.7. The lowest BCUT2D eigenvalue weighted by Gasteiger charge is -2.23. The molecular formula is C28H37N5O7. The third kappa shape index (κ3) is 11.5. The summed E-state index contributed by atoms with van der Waals surface area (Å²) in [6, 6.07) is 11.9. The van der Waals surface area contributed by atoms with Crippen molar-refractivity contribution >= 4 is 29.6 Å². The second-order valence-electron chi connectivity index (χ2n) is 9.81. The maximum atomic E-state index is 12.9. The SMILES string of the molecule is CC(C)C[C@H](NC(=O)CNC(=O)CNC(=O)[C@@H](N)Cc1ccc(O)cc1)C(=O)N[C@@H](Cc1ccccc1)C(=O)O. The molecular weight excluding hydrogens is 518 g/mol. The van der Waals surface area contributed by atoms with Crippen molar-refractivity contribution < 1.29 is 34.2 Å². The Kier molecular flexibility index (Phi) is 12.6. The maximum absolute atomic E-state index is 12.9. The van der Waals surface area contributed by atoms with Crippen LogP contribution in [0.25, 0.3) is 0 Å². The molecule has 0 aliphatic heterocycles. The number of phenols is 1. The molecule has 3 atom stereocenters. The molecule has 2 aromatic rings. The molecule has 0 heterocycles. The third-order valence-electron chi connectivity index (χ3n) is 5.85. The van der Waals surface area contributed by atoms with Gasteiger partial charge in [0.15, 0.2) is 0 Å². The number of nitrogens with two attached hydrogens (primary N) is 1. The molecule has 12 nitrogen and oxygen atoms in total. The van der Waals surface area contributed by atoms with Crippen LogP contribution >= 0.6 is 0 Å². The number of phenolic OH excluding ortho intramolecular Hbond substituents is 1. The number of benzene rings is 2. The van der Waals surface area contributed by atoms with Gasteiger partial charge < -0.3 is 37.2 Å². The van der Waals surface area contributed by atoms with Crippen molar-refractivity contribution in [3.8, 4) is 5.75 Å². The first kappa shape index (κ1) is 31.8. The molecule has 0 fully saturated rings. The Balaban J connectivity index is 1.83. The molecule has 2 aromatic carbocycles. The summed E-state index contributed by atoms with van der Waals surface area (Å²) in [5.41, 5.74) is 7.33. The average molecular weight is 556 g/mol. The van der Waals surface area contributed by atoms with Crippen molar-refractivity contribution in [2.24, 2.45) is 11.7 Å². The fraction of sp³-hybridized carbons (Fsp3) is 0.393. The van der Waals surface area contributed by atoms with Crippen LogP contribution in [0.15, 0.2) is 54.6 Å². The van der Waals surface area contributed by atoms with E-state index in [1.807, 2.05) is 13.8 Å². The Hall–Kier alpha value is -4.45. The highest BCUT2D eigenvalue weighted by atomic mass is 16.4. The van der Waals surface area contributed by atoms with Gasteiger partial charge in [0.1, 0.15) is 17.8 Å². The van der Waals surface area contributed by atoms with Gasteiger partial charge in [-0.1, -0.05) is 56.3 Å². The highest BCUT2D eigenvalue weighted by molar-refractivity contribution is 5.93. The van der Waals surface area contributed by atoms with Crippen LogP contribution in [0.1, 0.15) is 31.4 Å². The molecule has 0 saturated heterocycles. The normalized spacial score (nSPS) is 13.0. The zero-order chi connectivity index (χ0) is 29.7. The first-order valence-electron chi connectivity index (χ1n) is 12.9. The first-order valence-corrected chi connectivity index (χ1v) is 12.9. The smallest absolute Gasteiger partial charge is 0.326 e. The van der Waals surface area contributed by atoms with E-state index in [0.717, 1.165) is 11.1 Å². The van der Waals surface area contributed by atoms with Crippen LogP contribution in [0.5, 0.6) is 5.75 Å². The molecule has 0 aliphatic rings. The van der Waals surface area contributed by atoms with E-state index in [2.05, 4.69) is 21.3 Å². The van der Waals surface area contributed by atoms with Crippen LogP contribution in [-0.4, -0.2) is 71.0 Å². The van der Waals surface area contributed by atoms with Gasteiger partial charge in [-0.2, -0.15) is 0 Å². The molecule has 0 aromatic heterocycles. The van der Waals surface area contributed by atoms with E-state index in [1.165, 1.54) is 12.1 Å². The van der Waals surface area contributed by atoms with E-state index >= 15 is 0 Å². The molecule has 0 radical (unpaired) electrons.